The van der Waals surface area contributed by atoms with Crippen molar-refractivity contribution in [2.45, 2.75) is 26.3 Å². The van der Waals surface area contributed by atoms with Crippen LogP contribution in [0.1, 0.15) is 41.4 Å². The van der Waals surface area contributed by atoms with Gasteiger partial charge in [0.15, 0.2) is 0 Å². The van der Waals surface area contributed by atoms with Gasteiger partial charge in [0.05, 0.1) is 19.3 Å². The molecule has 4 rings (SSSR count). The van der Waals surface area contributed by atoms with E-state index in [0.717, 1.165) is 54.7 Å². The molecule has 0 aromatic heterocycles. The number of hydrogen-bond donors (Lipinski definition) is 2. The molecule has 1 saturated heterocycles. The molecule has 2 aromatic rings. The number of nitrogens with one attached hydrogen (secondary N) is 1. The van der Waals surface area contributed by atoms with Crippen molar-refractivity contribution < 1.29 is 9.53 Å². The predicted molar refractivity (Wildman–Crippen MR) is 113 cm³/mol. The summed E-state index contributed by atoms with van der Waals surface area (Å²) in [6.07, 6.45) is 0.848. The van der Waals surface area contributed by atoms with Crippen LogP contribution in [-0.4, -0.2) is 32.2 Å². The Morgan fingerprint density at radius 2 is 1.96 bits per heavy atom. The molecule has 5 nitrogen and oxygen atoms in total. The third kappa shape index (κ3) is 3.69. The molecular weight excluding hydrogens is 374 g/mol. The maximum atomic E-state index is 11.5. The smallest absolute Gasteiger partial charge is 0.248 e. The zero-order valence-corrected chi connectivity index (χ0v) is 17.1. The largest absolute Gasteiger partial charge is 0.378 e. The summed E-state index contributed by atoms with van der Waals surface area (Å²) in [5.41, 5.74) is 10.4. The zero-order chi connectivity index (χ0) is 19.9. The number of nitrogens with zero attached hydrogens (tertiary/aromatic N) is 1. The Hall–Kier alpha value is -2.24. The van der Waals surface area contributed by atoms with Gasteiger partial charge in [-0.1, -0.05) is 25.4 Å². The summed E-state index contributed by atoms with van der Waals surface area (Å²) in [7, 11) is 0. The molecule has 6 heteroatoms. The Morgan fingerprint density at radius 1 is 1.21 bits per heavy atom. The molecule has 0 spiro atoms. The second-order valence-electron chi connectivity index (χ2n) is 8.32. The summed E-state index contributed by atoms with van der Waals surface area (Å²) in [5.74, 6) is -0.396. The Balaban J connectivity index is 1.68. The van der Waals surface area contributed by atoms with Gasteiger partial charge < -0.3 is 20.7 Å². The van der Waals surface area contributed by atoms with Crippen molar-refractivity contribution in [1.29, 1.82) is 0 Å². The van der Waals surface area contributed by atoms with E-state index in [4.69, 9.17) is 22.1 Å². The maximum absolute atomic E-state index is 11.5. The number of fused-ring (bicyclic) bond motifs is 1. The number of benzene rings is 2. The van der Waals surface area contributed by atoms with E-state index in [0.29, 0.717) is 5.56 Å². The molecule has 3 N–H and O–H groups in total. The second kappa shape index (κ2) is 7.30. The first-order chi connectivity index (χ1) is 13.3. The van der Waals surface area contributed by atoms with Gasteiger partial charge in [-0.15, -0.1) is 0 Å². The highest BCUT2D eigenvalue weighted by Crippen LogP contribution is 2.46. The summed E-state index contributed by atoms with van der Waals surface area (Å²) in [5, 5.41) is 4.42. The number of nitrogens with two attached hydrogens (primary N) is 1. The average molecular weight is 400 g/mol. The van der Waals surface area contributed by atoms with Crippen molar-refractivity contribution in [3.8, 4) is 0 Å². The molecule has 1 amide bonds. The number of hydrogen-bond acceptors (Lipinski definition) is 4. The first-order valence-corrected chi connectivity index (χ1v) is 10.0. The predicted octanol–water partition coefficient (Wildman–Crippen LogP) is 4.01. The van der Waals surface area contributed by atoms with E-state index in [1.54, 1.807) is 6.07 Å². The molecule has 1 fully saturated rings. The van der Waals surface area contributed by atoms with E-state index in [1.807, 2.05) is 24.3 Å². The lowest BCUT2D eigenvalue weighted by molar-refractivity contribution is 0.1000. The van der Waals surface area contributed by atoms with E-state index in [1.165, 1.54) is 5.56 Å². The van der Waals surface area contributed by atoms with Gasteiger partial charge in [0, 0.05) is 35.1 Å². The summed E-state index contributed by atoms with van der Waals surface area (Å²) in [6.45, 7) is 7.70. The Kier molecular flexibility index (Phi) is 4.98. The number of anilines is 2. The van der Waals surface area contributed by atoms with Crippen molar-refractivity contribution in [1.82, 2.24) is 0 Å². The van der Waals surface area contributed by atoms with E-state index >= 15 is 0 Å². The van der Waals surface area contributed by atoms with Gasteiger partial charge in [-0.3, -0.25) is 4.79 Å². The van der Waals surface area contributed by atoms with E-state index in [9.17, 15) is 4.79 Å². The number of amides is 1. The molecule has 2 aliphatic rings. The fraction of sp³-hybridized carbons (Fsp3) is 0.409. The number of carbonyl (C=O) groups excluding carboxylic acids is 1. The molecule has 28 heavy (non-hydrogen) atoms. The van der Waals surface area contributed by atoms with Crippen LogP contribution >= 0.6 is 11.6 Å². The molecule has 0 aliphatic carbocycles. The molecule has 0 bridgehead atoms. The number of halogens is 1. The second-order valence-corrected chi connectivity index (χ2v) is 8.76. The minimum atomic E-state index is -0.396. The fourth-order valence-corrected chi connectivity index (χ4v) is 4.52. The number of morpholine rings is 1. The SMILES string of the molecule is CC1(C)Cc2cc(C(N)=O)ccc2NC1c1cc(Cl)cc(N2CCOCC2)c1. The molecule has 2 aliphatic heterocycles. The normalized spacial score (nSPS) is 21.0. The van der Waals surface area contributed by atoms with Crippen LogP contribution in [0.2, 0.25) is 5.02 Å². The van der Waals surface area contributed by atoms with Crippen molar-refractivity contribution >= 4 is 28.9 Å². The summed E-state index contributed by atoms with van der Waals surface area (Å²) in [6, 6.07) is 12.1. The van der Waals surface area contributed by atoms with Crippen LogP contribution in [0.25, 0.3) is 0 Å². The quantitative estimate of drug-likeness (QED) is 0.818. The van der Waals surface area contributed by atoms with Gasteiger partial charge in [-0.25, -0.2) is 0 Å². The highest BCUT2D eigenvalue weighted by molar-refractivity contribution is 6.31. The summed E-state index contributed by atoms with van der Waals surface area (Å²) >= 11 is 6.50. The highest BCUT2D eigenvalue weighted by Gasteiger charge is 2.36. The Bertz CT molecular complexity index is 907. The van der Waals surface area contributed by atoms with E-state index in [2.05, 4.69) is 30.1 Å². The van der Waals surface area contributed by atoms with Crippen LogP contribution in [0.3, 0.4) is 0 Å². The minimum Gasteiger partial charge on any atom is -0.378 e. The van der Waals surface area contributed by atoms with Crippen LogP contribution in [-0.2, 0) is 11.2 Å². The molecule has 148 valence electrons. The van der Waals surface area contributed by atoms with Gasteiger partial charge in [0.2, 0.25) is 5.91 Å². The molecule has 1 atom stereocenters. The third-order valence-electron chi connectivity index (χ3n) is 5.73. The van der Waals surface area contributed by atoms with Gasteiger partial charge >= 0.3 is 0 Å². The van der Waals surface area contributed by atoms with Crippen molar-refractivity contribution in [2.75, 3.05) is 36.5 Å². The standard InChI is InChI=1S/C22H26ClN3O2/c1-22(2)13-16-9-14(21(24)27)3-4-19(16)25-20(22)15-10-17(23)12-18(11-15)26-5-7-28-8-6-26/h3-4,9-12,20,25H,5-8,13H2,1-2H3,(H2,24,27). The first-order valence-electron chi connectivity index (χ1n) is 9.66. The van der Waals surface area contributed by atoms with Crippen molar-refractivity contribution in [2.24, 2.45) is 11.1 Å². The lowest BCUT2D eigenvalue weighted by Crippen LogP contribution is -2.37. The van der Waals surface area contributed by atoms with Crippen LogP contribution in [0.5, 0.6) is 0 Å². The van der Waals surface area contributed by atoms with Gasteiger partial charge in [-0.05, 0) is 59.4 Å². The van der Waals surface area contributed by atoms with Crippen LogP contribution in [0.4, 0.5) is 11.4 Å². The molecule has 0 radical (unpaired) electrons. The monoisotopic (exact) mass is 399 g/mol. The van der Waals surface area contributed by atoms with Crippen LogP contribution in [0.15, 0.2) is 36.4 Å². The topological polar surface area (TPSA) is 67.6 Å². The molecule has 1 unspecified atom stereocenters. The summed E-state index contributed by atoms with van der Waals surface area (Å²) < 4.78 is 5.48. The summed E-state index contributed by atoms with van der Waals surface area (Å²) in [4.78, 5) is 13.9. The lowest BCUT2D eigenvalue weighted by Gasteiger charge is -2.42. The maximum Gasteiger partial charge on any atom is 0.248 e. The number of ether oxygens (including phenoxy) is 1. The fourth-order valence-electron chi connectivity index (χ4n) is 4.28. The van der Waals surface area contributed by atoms with E-state index < -0.39 is 5.91 Å². The number of carbonyl (C=O) groups is 1. The van der Waals surface area contributed by atoms with Crippen LogP contribution in [0, 0.1) is 5.41 Å². The molecular formula is C22H26ClN3O2. The molecule has 2 heterocycles. The van der Waals surface area contributed by atoms with Gasteiger partial charge in [0.1, 0.15) is 0 Å². The number of rotatable bonds is 3. The average Bonchev–Trinajstić information content (AvgIpc) is 2.66. The van der Waals surface area contributed by atoms with E-state index in [-0.39, 0.29) is 11.5 Å². The Labute approximate surface area is 170 Å². The number of primary amides is 1. The van der Waals surface area contributed by atoms with Gasteiger partial charge in [0.25, 0.3) is 0 Å². The Morgan fingerprint density at radius 3 is 2.68 bits per heavy atom. The minimum absolute atomic E-state index is 0.0593. The molecule has 0 saturated carbocycles. The van der Waals surface area contributed by atoms with Crippen molar-refractivity contribution in [3.05, 3.63) is 58.1 Å². The van der Waals surface area contributed by atoms with Gasteiger partial charge in [-0.2, -0.15) is 0 Å². The van der Waals surface area contributed by atoms with Crippen molar-refractivity contribution in [3.63, 3.8) is 0 Å². The third-order valence-corrected chi connectivity index (χ3v) is 5.95. The lowest BCUT2D eigenvalue weighted by atomic mass is 9.72. The highest BCUT2D eigenvalue weighted by atomic mass is 35.5. The first kappa shape index (κ1) is 19.1. The zero-order valence-electron chi connectivity index (χ0n) is 16.3. The van der Waals surface area contributed by atoms with Crippen LogP contribution < -0.4 is 16.0 Å². The molecule has 2 aromatic carbocycles.